The molecule has 0 aliphatic heterocycles. The maximum atomic E-state index is 13.5. The fourth-order valence-corrected chi connectivity index (χ4v) is 6.07. The number of benzene rings is 2. The molecular formula is C25H20FN5OS2. The van der Waals surface area contributed by atoms with Crippen molar-refractivity contribution < 1.29 is 9.18 Å². The van der Waals surface area contributed by atoms with Crippen LogP contribution in [0.1, 0.15) is 33.8 Å². The van der Waals surface area contributed by atoms with E-state index in [4.69, 9.17) is 0 Å². The second kappa shape index (κ2) is 9.79. The number of aryl methyl sites for hydroxylation is 1. The molecule has 0 unspecified atom stereocenters. The van der Waals surface area contributed by atoms with Gasteiger partial charge < -0.3 is 5.32 Å². The minimum absolute atomic E-state index is 0.109. The van der Waals surface area contributed by atoms with Crippen LogP contribution in [0.25, 0.3) is 5.69 Å². The molecule has 1 aliphatic rings. The van der Waals surface area contributed by atoms with Gasteiger partial charge in [-0.25, -0.2) is 4.39 Å². The number of halogens is 1. The number of hydrogen-bond donors (Lipinski definition) is 1. The zero-order valence-electron chi connectivity index (χ0n) is 18.1. The van der Waals surface area contributed by atoms with Crippen molar-refractivity contribution in [2.45, 2.75) is 30.8 Å². The van der Waals surface area contributed by atoms with Gasteiger partial charge in [0.25, 0.3) is 0 Å². The SMILES string of the molecule is N#Cc1c(NC(=O)CSc2nnc(Cc3ccccc3)n2-c2ccc(F)cc2)sc2c1CCC2. The highest BCUT2D eigenvalue weighted by Gasteiger charge is 2.23. The van der Waals surface area contributed by atoms with Gasteiger partial charge in [-0.1, -0.05) is 42.1 Å². The molecule has 9 heteroatoms. The third kappa shape index (κ3) is 4.60. The van der Waals surface area contributed by atoms with E-state index in [0.717, 1.165) is 36.1 Å². The number of amides is 1. The van der Waals surface area contributed by atoms with Crippen molar-refractivity contribution in [1.29, 1.82) is 5.26 Å². The first kappa shape index (κ1) is 22.3. The standard InChI is InChI=1S/C25H20FN5OS2/c26-17-9-11-18(12-10-17)31-22(13-16-5-2-1-3-6-16)29-30-25(31)33-15-23(32)28-24-20(14-27)19-7-4-8-21(19)34-24/h1-3,5-6,9-12H,4,7-8,13,15H2,(H,28,32). The Morgan fingerprint density at radius 3 is 2.71 bits per heavy atom. The van der Waals surface area contributed by atoms with E-state index in [0.29, 0.717) is 28.0 Å². The molecule has 34 heavy (non-hydrogen) atoms. The lowest BCUT2D eigenvalue weighted by molar-refractivity contribution is -0.113. The first-order valence-electron chi connectivity index (χ1n) is 10.8. The average Bonchev–Trinajstić information content (AvgIpc) is 3.54. The molecule has 0 fully saturated rings. The lowest BCUT2D eigenvalue weighted by Crippen LogP contribution is -2.14. The summed E-state index contributed by atoms with van der Waals surface area (Å²) in [5.41, 5.74) is 3.47. The number of fused-ring (bicyclic) bond motifs is 1. The van der Waals surface area contributed by atoms with Gasteiger partial charge in [-0.15, -0.1) is 21.5 Å². The quantitative estimate of drug-likeness (QED) is 0.363. The van der Waals surface area contributed by atoms with Gasteiger partial charge in [0.1, 0.15) is 22.7 Å². The van der Waals surface area contributed by atoms with Gasteiger partial charge in [0.05, 0.1) is 11.3 Å². The summed E-state index contributed by atoms with van der Waals surface area (Å²) in [6, 6.07) is 18.3. The highest BCUT2D eigenvalue weighted by atomic mass is 32.2. The van der Waals surface area contributed by atoms with Crippen molar-refractivity contribution in [1.82, 2.24) is 14.8 Å². The van der Waals surface area contributed by atoms with Crippen molar-refractivity contribution in [3.63, 3.8) is 0 Å². The Bertz CT molecular complexity index is 1370. The van der Waals surface area contributed by atoms with Gasteiger partial charge in [-0.2, -0.15) is 5.26 Å². The second-order valence-corrected chi connectivity index (χ2v) is 9.93. The molecule has 0 saturated heterocycles. The predicted molar refractivity (Wildman–Crippen MR) is 131 cm³/mol. The molecule has 6 nitrogen and oxygen atoms in total. The lowest BCUT2D eigenvalue weighted by Gasteiger charge is -2.10. The summed E-state index contributed by atoms with van der Waals surface area (Å²) in [7, 11) is 0. The molecule has 1 amide bonds. The van der Waals surface area contributed by atoms with E-state index in [-0.39, 0.29) is 17.5 Å². The lowest BCUT2D eigenvalue weighted by atomic mass is 10.1. The minimum atomic E-state index is -0.328. The molecule has 2 heterocycles. The van der Waals surface area contributed by atoms with Crippen molar-refractivity contribution >= 4 is 34.0 Å². The van der Waals surface area contributed by atoms with Crippen LogP contribution in [0.3, 0.4) is 0 Å². The smallest absolute Gasteiger partial charge is 0.235 e. The number of anilines is 1. The van der Waals surface area contributed by atoms with E-state index >= 15 is 0 Å². The average molecular weight is 490 g/mol. The summed E-state index contributed by atoms with van der Waals surface area (Å²) in [6.07, 6.45) is 3.46. The summed E-state index contributed by atoms with van der Waals surface area (Å²) in [5, 5.41) is 22.3. The fraction of sp³-hybridized carbons (Fsp3) is 0.200. The van der Waals surface area contributed by atoms with E-state index in [9.17, 15) is 14.4 Å². The van der Waals surface area contributed by atoms with Crippen LogP contribution in [0.4, 0.5) is 9.39 Å². The maximum absolute atomic E-state index is 13.5. The summed E-state index contributed by atoms with van der Waals surface area (Å²) in [5.74, 6) is 0.269. The predicted octanol–water partition coefficient (Wildman–Crippen LogP) is 5.15. The zero-order chi connectivity index (χ0) is 23.5. The van der Waals surface area contributed by atoms with Crippen LogP contribution in [0.2, 0.25) is 0 Å². The number of nitrogens with one attached hydrogen (secondary N) is 1. The number of rotatable bonds is 7. The topological polar surface area (TPSA) is 83.6 Å². The van der Waals surface area contributed by atoms with Crippen LogP contribution in [-0.2, 0) is 24.1 Å². The van der Waals surface area contributed by atoms with Crippen LogP contribution in [0.5, 0.6) is 0 Å². The summed E-state index contributed by atoms with van der Waals surface area (Å²) >= 11 is 2.75. The van der Waals surface area contributed by atoms with Gasteiger partial charge in [-0.05, 0) is 54.7 Å². The van der Waals surface area contributed by atoms with E-state index in [1.807, 2.05) is 34.9 Å². The number of aromatic nitrogens is 3. The normalized spacial score (nSPS) is 12.4. The first-order chi connectivity index (χ1) is 16.6. The van der Waals surface area contributed by atoms with Crippen molar-refractivity contribution in [2.24, 2.45) is 0 Å². The largest absolute Gasteiger partial charge is 0.316 e. The number of nitrogens with zero attached hydrogens (tertiary/aromatic N) is 4. The second-order valence-electron chi connectivity index (χ2n) is 7.88. The van der Waals surface area contributed by atoms with Crippen molar-refractivity contribution in [2.75, 3.05) is 11.1 Å². The highest BCUT2D eigenvalue weighted by molar-refractivity contribution is 7.99. The van der Waals surface area contributed by atoms with E-state index in [1.54, 1.807) is 12.1 Å². The number of nitriles is 1. The number of carbonyl (C=O) groups is 1. The van der Waals surface area contributed by atoms with E-state index in [2.05, 4.69) is 21.6 Å². The minimum Gasteiger partial charge on any atom is -0.316 e. The van der Waals surface area contributed by atoms with Crippen LogP contribution in [0, 0.1) is 17.1 Å². The van der Waals surface area contributed by atoms with E-state index < -0.39 is 0 Å². The summed E-state index contributed by atoms with van der Waals surface area (Å²) in [6.45, 7) is 0. The fourth-order valence-electron chi connectivity index (χ4n) is 4.04. The third-order valence-corrected chi connectivity index (χ3v) is 7.74. The Labute approximate surface area is 204 Å². The molecule has 0 bridgehead atoms. The van der Waals surface area contributed by atoms with Crippen molar-refractivity contribution in [3.05, 3.63) is 87.8 Å². The van der Waals surface area contributed by atoms with Crippen LogP contribution in [-0.4, -0.2) is 26.4 Å². The van der Waals surface area contributed by atoms with E-state index in [1.165, 1.54) is 40.1 Å². The third-order valence-electron chi connectivity index (χ3n) is 5.61. The molecule has 0 saturated carbocycles. The summed E-state index contributed by atoms with van der Waals surface area (Å²) < 4.78 is 15.4. The molecule has 4 aromatic rings. The van der Waals surface area contributed by atoms with Gasteiger partial charge in [-0.3, -0.25) is 9.36 Å². The molecular weight excluding hydrogens is 469 g/mol. The highest BCUT2D eigenvalue weighted by Crippen LogP contribution is 2.38. The number of thioether (sulfide) groups is 1. The zero-order valence-corrected chi connectivity index (χ0v) is 19.8. The molecule has 5 rings (SSSR count). The Kier molecular flexibility index (Phi) is 6.43. The Morgan fingerprint density at radius 2 is 1.94 bits per heavy atom. The van der Waals surface area contributed by atoms with Crippen LogP contribution >= 0.6 is 23.1 Å². The Morgan fingerprint density at radius 1 is 1.15 bits per heavy atom. The molecule has 2 aromatic carbocycles. The van der Waals surface area contributed by atoms with Gasteiger partial charge in [0, 0.05) is 17.0 Å². The molecule has 2 aromatic heterocycles. The molecule has 1 N–H and O–H groups in total. The summed E-state index contributed by atoms with van der Waals surface area (Å²) in [4.78, 5) is 13.9. The van der Waals surface area contributed by atoms with Gasteiger partial charge in [0.2, 0.25) is 5.91 Å². The van der Waals surface area contributed by atoms with Gasteiger partial charge in [0.15, 0.2) is 5.16 Å². The monoisotopic (exact) mass is 489 g/mol. The Hall–Kier alpha value is -3.48. The van der Waals surface area contributed by atoms with Gasteiger partial charge >= 0.3 is 0 Å². The first-order valence-corrected chi connectivity index (χ1v) is 12.6. The number of hydrogen-bond acceptors (Lipinski definition) is 6. The molecule has 1 aliphatic carbocycles. The number of thiophene rings is 1. The van der Waals surface area contributed by atoms with Crippen LogP contribution < -0.4 is 5.32 Å². The van der Waals surface area contributed by atoms with Crippen LogP contribution in [0.15, 0.2) is 59.8 Å². The Balaban J connectivity index is 1.36. The molecule has 170 valence electrons. The molecule has 0 atom stereocenters. The maximum Gasteiger partial charge on any atom is 0.235 e. The molecule has 0 spiro atoms. The molecule has 0 radical (unpaired) electrons. The van der Waals surface area contributed by atoms with Crippen molar-refractivity contribution in [3.8, 4) is 11.8 Å². The number of carbonyl (C=O) groups excluding carboxylic acids is 1.